The van der Waals surface area contributed by atoms with Crippen molar-refractivity contribution in [2.75, 3.05) is 0 Å². The molecule has 0 unspecified atom stereocenters. The van der Waals surface area contributed by atoms with Crippen LogP contribution in [0.15, 0.2) is 23.1 Å². The summed E-state index contributed by atoms with van der Waals surface area (Å²) in [4.78, 5) is 12.1. The summed E-state index contributed by atoms with van der Waals surface area (Å²) in [7, 11) is 0. The number of carbonyl (C=O) groups excluding carboxylic acids is 1. The third kappa shape index (κ3) is 2.25. The normalized spacial score (nSPS) is 29.7. The van der Waals surface area contributed by atoms with Gasteiger partial charge >= 0.3 is 0 Å². The highest BCUT2D eigenvalue weighted by Gasteiger charge is 2.23. The maximum Gasteiger partial charge on any atom is 0.263 e. The van der Waals surface area contributed by atoms with Gasteiger partial charge in [-0.15, -0.1) is 0 Å². The number of thioether (sulfide) groups is 1. The smallest absolute Gasteiger partial charge is 0.263 e. The van der Waals surface area contributed by atoms with E-state index in [-0.39, 0.29) is 5.91 Å². The van der Waals surface area contributed by atoms with Gasteiger partial charge in [-0.05, 0) is 25.2 Å². The largest absolute Gasteiger partial charge is 0.307 e. The molecule has 1 N–H and O–H groups in total. The molecule has 0 aromatic rings. The van der Waals surface area contributed by atoms with Gasteiger partial charge in [0.05, 0.1) is 4.91 Å². The summed E-state index contributed by atoms with van der Waals surface area (Å²) < 4.78 is 0.576. The molecule has 0 aromatic carbocycles. The average Bonchev–Trinajstić information content (AvgIpc) is 2.47. The van der Waals surface area contributed by atoms with Gasteiger partial charge in [0.1, 0.15) is 4.32 Å². The molecule has 1 fully saturated rings. The Hall–Kier alpha value is -0.610. The zero-order valence-corrected chi connectivity index (χ0v) is 9.29. The molecule has 1 atom stereocenters. The fraction of sp³-hybridized carbons (Fsp3) is 0.400. The van der Waals surface area contributed by atoms with Crippen molar-refractivity contribution in [3.8, 4) is 0 Å². The van der Waals surface area contributed by atoms with Crippen LogP contribution in [0.4, 0.5) is 0 Å². The predicted molar refractivity (Wildman–Crippen MR) is 62.9 cm³/mol. The van der Waals surface area contributed by atoms with Gasteiger partial charge in [0.25, 0.3) is 5.91 Å². The molecule has 0 bridgehead atoms. The summed E-state index contributed by atoms with van der Waals surface area (Å²) in [5, 5.41) is 2.63. The van der Waals surface area contributed by atoms with Crippen LogP contribution in [-0.2, 0) is 4.79 Å². The minimum absolute atomic E-state index is 0.0328. The van der Waals surface area contributed by atoms with Crippen LogP contribution in [0, 0.1) is 5.92 Å². The van der Waals surface area contributed by atoms with Gasteiger partial charge < -0.3 is 5.32 Å². The molecule has 2 aliphatic rings. The molecular formula is C10H11NOS2. The lowest BCUT2D eigenvalue weighted by Crippen LogP contribution is -2.18. The fourth-order valence-electron chi connectivity index (χ4n) is 1.62. The van der Waals surface area contributed by atoms with Crippen molar-refractivity contribution in [1.29, 1.82) is 0 Å². The van der Waals surface area contributed by atoms with Crippen molar-refractivity contribution in [3.05, 3.63) is 23.1 Å². The standard InChI is InChI=1S/C10H11NOS2/c12-9-8(14-10(13)11-9)6-7-4-2-1-3-5-7/h1-2,6-7H,3-5H2,(H,11,12,13)/b8-6-/t7-/m1/s1. The van der Waals surface area contributed by atoms with Crippen LogP contribution in [-0.4, -0.2) is 10.2 Å². The summed E-state index contributed by atoms with van der Waals surface area (Å²) in [5.41, 5.74) is 0. The first kappa shape index (κ1) is 9.93. The third-order valence-electron chi connectivity index (χ3n) is 2.34. The van der Waals surface area contributed by atoms with E-state index in [4.69, 9.17) is 12.2 Å². The number of amides is 1. The summed E-state index contributed by atoms with van der Waals surface area (Å²) in [6.07, 6.45) is 9.74. The van der Waals surface area contributed by atoms with Crippen LogP contribution in [0.25, 0.3) is 0 Å². The molecule has 1 aliphatic carbocycles. The zero-order valence-electron chi connectivity index (χ0n) is 7.66. The van der Waals surface area contributed by atoms with Crippen molar-refractivity contribution in [2.24, 2.45) is 5.92 Å². The molecule has 0 radical (unpaired) electrons. The van der Waals surface area contributed by atoms with Crippen molar-refractivity contribution in [1.82, 2.24) is 5.32 Å². The third-order valence-corrected chi connectivity index (χ3v) is 3.52. The van der Waals surface area contributed by atoms with E-state index < -0.39 is 0 Å². The van der Waals surface area contributed by atoms with E-state index in [2.05, 4.69) is 23.5 Å². The van der Waals surface area contributed by atoms with Gasteiger partial charge in [-0.1, -0.05) is 42.2 Å². The fourth-order valence-corrected chi connectivity index (χ4v) is 2.73. The molecule has 0 saturated carbocycles. The Morgan fingerprint density at radius 3 is 3.00 bits per heavy atom. The molecule has 1 heterocycles. The number of allylic oxidation sites excluding steroid dienone is 3. The van der Waals surface area contributed by atoms with Crippen molar-refractivity contribution < 1.29 is 4.79 Å². The summed E-state index contributed by atoms with van der Waals surface area (Å²) in [6, 6.07) is 0. The van der Waals surface area contributed by atoms with Gasteiger partial charge in [-0.3, -0.25) is 4.79 Å². The van der Waals surface area contributed by atoms with Crippen LogP contribution in [0.1, 0.15) is 19.3 Å². The van der Waals surface area contributed by atoms with E-state index >= 15 is 0 Å². The Bertz CT molecular complexity index is 333. The highest BCUT2D eigenvalue weighted by molar-refractivity contribution is 8.26. The first-order valence-corrected chi connectivity index (χ1v) is 5.88. The molecule has 2 nitrogen and oxygen atoms in total. The lowest BCUT2D eigenvalue weighted by atomic mass is 9.94. The molecule has 1 aliphatic heterocycles. The number of hydrogen-bond acceptors (Lipinski definition) is 3. The van der Waals surface area contributed by atoms with Crippen molar-refractivity contribution in [3.63, 3.8) is 0 Å². The quantitative estimate of drug-likeness (QED) is 0.422. The number of rotatable bonds is 1. The van der Waals surface area contributed by atoms with Gasteiger partial charge in [-0.2, -0.15) is 0 Å². The summed E-state index contributed by atoms with van der Waals surface area (Å²) in [5.74, 6) is 0.476. The Morgan fingerprint density at radius 2 is 2.43 bits per heavy atom. The Labute approximate surface area is 92.8 Å². The first-order valence-electron chi connectivity index (χ1n) is 4.65. The zero-order chi connectivity index (χ0) is 9.97. The first-order chi connectivity index (χ1) is 6.75. The predicted octanol–water partition coefficient (Wildman–Crippen LogP) is 2.37. The van der Waals surface area contributed by atoms with Crippen LogP contribution >= 0.6 is 24.0 Å². The average molecular weight is 225 g/mol. The SMILES string of the molecule is O=C1NC(=S)S/C1=C\[C@@H]1CC=CCC1. The minimum atomic E-state index is -0.0328. The Morgan fingerprint density at radius 1 is 1.57 bits per heavy atom. The molecular weight excluding hydrogens is 214 g/mol. The Balaban J connectivity index is 2.06. The lowest BCUT2D eigenvalue weighted by molar-refractivity contribution is -0.115. The van der Waals surface area contributed by atoms with E-state index in [9.17, 15) is 4.79 Å². The van der Waals surface area contributed by atoms with Crippen LogP contribution < -0.4 is 5.32 Å². The summed E-state index contributed by atoms with van der Waals surface area (Å²) in [6.45, 7) is 0. The van der Waals surface area contributed by atoms with E-state index in [0.29, 0.717) is 10.2 Å². The Kier molecular flexibility index (Phi) is 3.03. The molecule has 1 saturated heterocycles. The van der Waals surface area contributed by atoms with Gasteiger partial charge in [-0.25, -0.2) is 0 Å². The lowest BCUT2D eigenvalue weighted by Gasteiger charge is -2.13. The minimum Gasteiger partial charge on any atom is -0.307 e. The second-order valence-electron chi connectivity index (χ2n) is 3.42. The van der Waals surface area contributed by atoms with Crippen LogP contribution in [0.3, 0.4) is 0 Å². The van der Waals surface area contributed by atoms with E-state index in [1.807, 2.05) is 0 Å². The van der Waals surface area contributed by atoms with Crippen LogP contribution in [0.5, 0.6) is 0 Å². The number of thiocarbonyl (C=S) groups is 1. The van der Waals surface area contributed by atoms with Gasteiger partial charge in [0.2, 0.25) is 0 Å². The van der Waals surface area contributed by atoms with E-state index in [1.165, 1.54) is 11.8 Å². The number of nitrogens with one attached hydrogen (secondary N) is 1. The molecule has 4 heteroatoms. The summed E-state index contributed by atoms with van der Waals surface area (Å²) >= 11 is 6.29. The molecule has 0 spiro atoms. The number of carbonyl (C=O) groups is 1. The van der Waals surface area contributed by atoms with E-state index in [0.717, 1.165) is 24.2 Å². The van der Waals surface area contributed by atoms with Gasteiger partial charge in [0.15, 0.2) is 0 Å². The monoisotopic (exact) mass is 225 g/mol. The van der Waals surface area contributed by atoms with Gasteiger partial charge in [0, 0.05) is 0 Å². The van der Waals surface area contributed by atoms with E-state index in [1.54, 1.807) is 0 Å². The maximum atomic E-state index is 11.4. The van der Waals surface area contributed by atoms with Crippen molar-refractivity contribution >= 4 is 34.2 Å². The topological polar surface area (TPSA) is 29.1 Å². The number of hydrogen-bond donors (Lipinski definition) is 1. The highest BCUT2D eigenvalue weighted by atomic mass is 32.2. The molecule has 2 rings (SSSR count). The molecule has 74 valence electrons. The van der Waals surface area contributed by atoms with Crippen molar-refractivity contribution in [2.45, 2.75) is 19.3 Å². The van der Waals surface area contributed by atoms with Crippen LogP contribution in [0.2, 0.25) is 0 Å². The highest BCUT2D eigenvalue weighted by Crippen LogP contribution is 2.28. The maximum absolute atomic E-state index is 11.4. The second-order valence-corrected chi connectivity index (χ2v) is 5.14. The second kappa shape index (κ2) is 4.28. The molecule has 14 heavy (non-hydrogen) atoms. The molecule has 1 amide bonds. The molecule has 0 aromatic heterocycles.